The first-order valence-electron chi connectivity index (χ1n) is 3.43. The fourth-order valence-electron chi connectivity index (χ4n) is 0.598. The summed E-state index contributed by atoms with van der Waals surface area (Å²) in [6.07, 6.45) is -4.91. The molecule has 0 fully saturated rings. The Bertz CT molecular complexity index is 228. The summed E-state index contributed by atoms with van der Waals surface area (Å²) in [5, 5.41) is 10.1. The van der Waals surface area contributed by atoms with Gasteiger partial charge in [-0.05, 0) is 0 Å². The maximum Gasteiger partial charge on any atom is 0.522 e. The van der Waals surface area contributed by atoms with E-state index in [4.69, 9.17) is 5.11 Å². The molecular formula is C6H8F3NO4. The van der Waals surface area contributed by atoms with Gasteiger partial charge in [-0.2, -0.15) is 0 Å². The van der Waals surface area contributed by atoms with Crippen LogP contribution in [0, 0.1) is 0 Å². The second-order valence-electron chi connectivity index (χ2n) is 2.35. The SMILES string of the molecule is CC(=O)NC(COC(F)(F)F)C(=O)O. The van der Waals surface area contributed by atoms with Crippen molar-refractivity contribution in [2.75, 3.05) is 6.61 Å². The van der Waals surface area contributed by atoms with Crippen molar-refractivity contribution in [3.63, 3.8) is 0 Å². The van der Waals surface area contributed by atoms with E-state index in [2.05, 4.69) is 4.74 Å². The molecule has 2 N–H and O–H groups in total. The molecule has 1 atom stereocenters. The summed E-state index contributed by atoms with van der Waals surface area (Å²) in [5.74, 6) is -2.34. The number of carboxylic acid groups (broad SMARTS) is 1. The molecule has 0 aromatic carbocycles. The van der Waals surface area contributed by atoms with Crippen molar-refractivity contribution < 1.29 is 32.6 Å². The second-order valence-corrected chi connectivity index (χ2v) is 2.35. The van der Waals surface area contributed by atoms with Crippen LogP contribution in [0.2, 0.25) is 0 Å². The zero-order valence-electron chi connectivity index (χ0n) is 7.09. The Balaban J connectivity index is 4.11. The van der Waals surface area contributed by atoms with Gasteiger partial charge < -0.3 is 10.4 Å². The van der Waals surface area contributed by atoms with Crippen LogP contribution < -0.4 is 5.32 Å². The number of rotatable bonds is 4. The number of aliphatic carboxylic acids is 1. The summed E-state index contributed by atoms with van der Waals surface area (Å²) < 4.78 is 37.7. The first-order chi connectivity index (χ1) is 6.22. The van der Waals surface area contributed by atoms with E-state index in [1.54, 1.807) is 5.32 Å². The molecule has 0 heterocycles. The third-order valence-corrected chi connectivity index (χ3v) is 1.09. The van der Waals surface area contributed by atoms with Crippen LogP contribution in [-0.4, -0.2) is 36.0 Å². The Morgan fingerprint density at radius 2 is 2.00 bits per heavy atom. The summed E-state index contributed by atoms with van der Waals surface area (Å²) in [7, 11) is 0. The molecule has 0 aliphatic heterocycles. The zero-order valence-corrected chi connectivity index (χ0v) is 7.09. The van der Waals surface area contributed by atoms with Crippen LogP contribution in [0.5, 0.6) is 0 Å². The fourth-order valence-corrected chi connectivity index (χ4v) is 0.598. The summed E-state index contributed by atoms with van der Waals surface area (Å²) in [4.78, 5) is 20.7. The van der Waals surface area contributed by atoms with Crippen molar-refractivity contribution in [3.8, 4) is 0 Å². The number of alkyl halides is 3. The first kappa shape index (κ1) is 12.7. The number of halogens is 3. The number of hydrogen-bond acceptors (Lipinski definition) is 3. The molecule has 0 aliphatic carbocycles. The van der Waals surface area contributed by atoms with Crippen LogP contribution in [0.3, 0.4) is 0 Å². The van der Waals surface area contributed by atoms with Crippen LogP contribution in [0.15, 0.2) is 0 Å². The highest BCUT2D eigenvalue weighted by molar-refractivity contribution is 5.82. The third-order valence-electron chi connectivity index (χ3n) is 1.09. The lowest BCUT2D eigenvalue weighted by Crippen LogP contribution is -2.44. The van der Waals surface area contributed by atoms with Gasteiger partial charge in [0.25, 0.3) is 0 Å². The Morgan fingerprint density at radius 3 is 2.29 bits per heavy atom. The molecule has 8 heteroatoms. The molecule has 0 saturated carbocycles. The first-order valence-corrected chi connectivity index (χ1v) is 3.43. The van der Waals surface area contributed by atoms with E-state index in [0.717, 1.165) is 6.92 Å². The topological polar surface area (TPSA) is 75.6 Å². The Hall–Kier alpha value is -1.31. The van der Waals surface area contributed by atoms with E-state index in [-0.39, 0.29) is 0 Å². The van der Waals surface area contributed by atoms with Gasteiger partial charge in [0.1, 0.15) is 0 Å². The van der Waals surface area contributed by atoms with Crippen molar-refractivity contribution in [1.29, 1.82) is 0 Å². The van der Waals surface area contributed by atoms with Gasteiger partial charge in [0.05, 0.1) is 6.61 Å². The van der Waals surface area contributed by atoms with E-state index < -0.39 is 30.9 Å². The van der Waals surface area contributed by atoms with Crippen LogP contribution in [0.25, 0.3) is 0 Å². The van der Waals surface area contributed by atoms with E-state index in [0.29, 0.717) is 0 Å². The van der Waals surface area contributed by atoms with Crippen LogP contribution in [0.1, 0.15) is 6.92 Å². The van der Waals surface area contributed by atoms with Crippen LogP contribution >= 0.6 is 0 Å². The van der Waals surface area contributed by atoms with Gasteiger partial charge >= 0.3 is 12.3 Å². The highest BCUT2D eigenvalue weighted by atomic mass is 19.4. The molecule has 5 nitrogen and oxygen atoms in total. The largest absolute Gasteiger partial charge is 0.522 e. The Morgan fingerprint density at radius 1 is 1.50 bits per heavy atom. The molecular weight excluding hydrogens is 207 g/mol. The second kappa shape index (κ2) is 4.80. The zero-order chi connectivity index (χ0) is 11.4. The summed E-state index contributed by atoms with van der Waals surface area (Å²) in [5.41, 5.74) is 0. The minimum atomic E-state index is -4.91. The highest BCUT2D eigenvalue weighted by Crippen LogP contribution is 2.16. The summed E-state index contributed by atoms with van der Waals surface area (Å²) in [6, 6.07) is -1.70. The summed E-state index contributed by atoms with van der Waals surface area (Å²) >= 11 is 0. The number of carboxylic acids is 1. The van der Waals surface area contributed by atoms with Crippen molar-refractivity contribution >= 4 is 11.9 Å². The molecule has 82 valence electrons. The molecule has 0 bridgehead atoms. The standard InChI is InChI=1S/C6H8F3NO4/c1-3(11)10-4(5(12)13)2-14-6(7,8)9/h4H,2H2,1H3,(H,10,11)(H,12,13). The van der Waals surface area contributed by atoms with Crippen molar-refractivity contribution in [1.82, 2.24) is 5.32 Å². The normalized spacial score (nSPS) is 13.4. The number of hydrogen-bond donors (Lipinski definition) is 2. The number of ether oxygens (including phenoxy) is 1. The van der Waals surface area contributed by atoms with Gasteiger partial charge in [-0.25, -0.2) is 4.79 Å². The van der Waals surface area contributed by atoms with E-state index >= 15 is 0 Å². The van der Waals surface area contributed by atoms with Gasteiger partial charge in [-0.1, -0.05) is 0 Å². The minimum absolute atomic E-state index is 0.747. The molecule has 0 spiro atoms. The number of amides is 1. The molecule has 0 aliphatic rings. The number of carbonyl (C=O) groups is 2. The molecule has 0 radical (unpaired) electrons. The van der Waals surface area contributed by atoms with Crippen LogP contribution in [-0.2, 0) is 14.3 Å². The van der Waals surface area contributed by atoms with E-state index in [9.17, 15) is 22.8 Å². The van der Waals surface area contributed by atoms with Crippen molar-refractivity contribution in [2.24, 2.45) is 0 Å². The molecule has 0 rings (SSSR count). The van der Waals surface area contributed by atoms with Crippen molar-refractivity contribution in [2.45, 2.75) is 19.3 Å². The average molecular weight is 215 g/mol. The maximum absolute atomic E-state index is 11.5. The highest BCUT2D eigenvalue weighted by Gasteiger charge is 2.32. The van der Waals surface area contributed by atoms with Gasteiger partial charge in [-0.3, -0.25) is 9.53 Å². The van der Waals surface area contributed by atoms with Gasteiger partial charge in [0.2, 0.25) is 5.91 Å². The monoisotopic (exact) mass is 215 g/mol. The minimum Gasteiger partial charge on any atom is -0.480 e. The van der Waals surface area contributed by atoms with E-state index in [1.165, 1.54) is 0 Å². The fraction of sp³-hybridized carbons (Fsp3) is 0.667. The Labute approximate surface area is 76.8 Å². The smallest absolute Gasteiger partial charge is 0.480 e. The maximum atomic E-state index is 11.5. The molecule has 0 aromatic rings. The lowest BCUT2D eigenvalue weighted by atomic mass is 10.3. The lowest BCUT2D eigenvalue weighted by Gasteiger charge is -2.14. The average Bonchev–Trinajstić information content (AvgIpc) is 1.94. The van der Waals surface area contributed by atoms with Gasteiger partial charge in [-0.15, -0.1) is 13.2 Å². The van der Waals surface area contributed by atoms with Gasteiger partial charge in [0.15, 0.2) is 6.04 Å². The lowest BCUT2D eigenvalue weighted by molar-refractivity contribution is -0.325. The number of carbonyl (C=O) groups excluding carboxylic acids is 1. The molecule has 0 saturated heterocycles. The molecule has 1 amide bonds. The predicted octanol–water partition coefficient (Wildman–Crippen LogP) is 0.112. The summed E-state index contributed by atoms with van der Waals surface area (Å²) in [6.45, 7) is -0.165. The Kier molecular flexibility index (Phi) is 4.35. The predicted molar refractivity (Wildman–Crippen MR) is 37.2 cm³/mol. The van der Waals surface area contributed by atoms with Gasteiger partial charge in [0, 0.05) is 6.92 Å². The van der Waals surface area contributed by atoms with Crippen LogP contribution in [0.4, 0.5) is 13.2 Å². The van der Waals surface area contributed by atoms with E-state index in [1.807, 2.05) is 0 Å². The molecule has 0 aromatic heterocycles. The number of nitrogens with one attached hydrogen (secondary N) is 1. The quantitative estimate of drug-likeness (QED) is 0.698. The van der Waals surface area contributed by atoms with Crippen molar-refractivity contribution in [3.05, 3.63) is 0 Å². The molecule has 1 unspecified atom stereocenters. The molecule has 14 heavy (non-hydrogen) atoms. The third kappa shape index (κ3) is 6.23.